The molecule has 2 aromatic rings. The van der Waals surface area contributed by atoms with E-state index in [1.807, 2.05) is 6.92 Å². The molecule has 1 aromatic heterocycles. The minimum absolute atomic E-state index is 0.0789. The van der Waals surface area contributed by atoms with Crippen molar-refractivity contribution in [3.63, 3.8) is 0 Å². The molecule has 0 saturated heterocycles. The van der Waals surface area contributed by atoms with Crippen LogP contribution in [0.1, 0.15) is 51.7 Å². The number of rotatable bonds is 4. The highest BCUT2D eigenvalue weighted by atomic mass is 79.9. The third-order valence-corrected chi connectivity index (χ3v) is 4.94. The van der Waals surface area contributed by atoms with E-state index in [-0.39, 0.29) is 16.7 Å². The van der Waals surface area contributed by atoms with Gasteiger partial charge in [0.2, 0.25) is 0 Å². The third-order valence-electron chi connectivity index (χ3n) is 4.14. The van der Waals surface area contributed by atoms with Gasteiger partial charge in [-0.1, -0.05) is 13.8 Å². The number of imidazole rings is 1. The molecule has 0 radical (unpaired) electrons. The zero-order valence-electron chi connectivity index (χ0n) is 12.2. The van der Waals surface area contributed by atoms with Crippen LogP contribution in [0.4, 0.5) is 4.39 Å². The van der Waals surface area contributed by atoms with E-state index in [0.717, 1.165) is 24.2 Å². The average molecular weight is 362 g/mol. The first-order chi connectivity index (χ1) is 9.34. The molecule has 0 N–H and O–H groups in total. The first-order valence-electron chi connectivity index (χ1n) is 6.86. The molecule has 1 atom stereocenters. The molecule has 2 nitrogen and oxygen atoms in total. The van der Waals surface area contributed by atoms with Crippen molar-refractivity contribution in [1.82, 2.24) is 9.55 Å². The Morgan fingerprint density at radius 1 is 1.40 bits per heavy atom. The number of nitrogens with zero attached hydrogens (tertiary/aromatic N) is 2. The molecule has 1 unspecified atom stereocenters. The Bertz CT molecular complexity index is 632. The van der Waals surface area contributed by atoms with Gasteiger partial charge in [-0.2, -0.15) is 0 Å². The van der Waals surface area contributed by atoms with Crippen LogP contribution < -0.4 is 0 Å². The van der Waals surface area contributed by atoms with Crippen molar-refractivity contribution < 1.29 is 4.39 Å². The zero-order chi connectivity index (χ0) is 15.1. The van der Waals surface area contributed by atoms with Crippen LogP contribution in [0.5, 0.6) is 0 Å². The Balaban J connectivity index is 2.84. The van der Waals surface area contributed by atoms with Gasteiger partial charge < -0.3 is 4.57 Å². The fourth-order valence-corrected chi connectivity index (χ4v) is 2.97. The number of fused-ring (bicyclic) bond motifs is 1. The van der Waals surface area contributed by atoms with Gasteiger partial charge in [-0.05, 0) is 48.7 Å². The predicted octanol–water partition coefficient (Wildman–Crippen LogP) is 5.77. The van der Waals surface area contributed by atoms with Crippen molar-refractivity contribution in [1.29, 1.82) is 0 Å². The van der Waals surface area contributed by atoms with Crippen LogP contribution in [-0.4, -0.2) is 9.55 Å². The minimum atomic E-state index is -0.300. The number of aromatic nitrogens is 2. The van der Waals surface area contributed by atoms with Crippen molar-refractivity contribution >= 4 is 38.6 Å². The van der Waals surface area contributed by atoms with E-state index >= 15 is 0 Å². The lowest BCUT2D eigenvalue weighted by atomic mass is 9.94. The van der Waals surface area contributed by atoms with Gasteiger partial charge in [-0.25, -0.2) is 9.37 Å². The molecule has 110 valence electrons. The van der Waals surface area contributed by atoms with E-state index in [1.165, 1.54) is 6.07 Å². The monoisotopic (exact) mass is 360 g/mol. The second-order valence-corrected chi connectivity index (χ2v) is 6.89. The molecule has 0 saturated carbocycles. The molecule has 0 spiro atoms. The van der Waals surface area contributed by atoms with E-state index in [9.17, 15) is 4.39 Å². The lowest BCUT2D eigenvalue weighted by Crippen LogP contribution is -2.30. The summed E-state index contributed by atoms with van der Waals surface area (Å²) in [6, 6.07) is 3.26. The second-order valence-electron chi connectivity index (χ2n) is 5.38. The van der Waals surface area contributed by atoms with Crippen molar-refractivity contribution in [2.75, 3.05) is 0 Å². The lowest BCUT2D eigenvalue weighted by molar-refractivity contribution is 0.293. The SMILES string of the molecule is CCC(C)(CC)n1c(C(C)Cl)nc2cc(F)c(Br)cc21. The molecule has 0 aliphatic heterocycles. The number of hydrogen-bond donors (Lipinski definition) is 0. The highest BCUT2D eigenvalue weighted by Gasteiger charge is 2.29. The van der Waals surface area contributed by atoms with Crippen molar-refractivity contribution in [2.45, 2.75) is 51.5 Å². The second kappa shape index (κ2) is 5.64. The van der Waals surface area contributed by atoms with Crippen molar-refractivity contribution in [3.05, 3.63) is 28.2 Å². The average Bonchev–Trinajstić information content (AvgIpc) is 2.77. The van der Waals surface area contributed by atoms with Gasteiger partial charge in [0.05, 0.1) is 20.9 Å². The zero-order valence-corrected chi connectivity index (χ0v) is 14.5. The van der Waals surface area contributed by atoms with Crippen molar-refractivity contribution in [3.8, 4) is 0 Å². The number of hydrogen-bond acceptors (Lipinski definition) is 1. The molecular formula is C15H19BrClFN2. The fraction of sp³-hybridized carbons (Fsp3) is 0.533. The van der Waals surface area contributed by atoms with Crippen LogP contribution >= 0.6 is 27.5 Å². The van der Waals surface area contributed by atoms with Gasteiger partial charge >= 0.3 is 0 Å². The standard InChI is InChI=1S/C15H19BrClFN2/c1-5-15(4,6-2)20-13-7-10(16)11(18)8-12(13)19-14(20)9(3)17/h7-9H,5-6H2,1-4H3. The van der Waals surface area contributed by atoms with Crippen LogP contribution in [0.15, 0.2) is 16.6 Å². The maximum atomic E-state index is 13.7. The molecule has 5 heteroatoms. The smallest absolute Gasteiger partial charge is 0.139 e. The third kappa shape index (κ3) is 2.48. The molecule has 1 heterocycles. The summed E-state index contributed by atoms with van der Waals surface area (Å²) in [5, 5.41) is -0.221. The first kappa shape index (κ1) is 15.8. The number of benzene rings is 1. The first-order valence-corrected chi connectivity index (χ1v) is 8.09. The Kier molecular flexibility index (Phi) is 4.45. The lowest BCUT2D eigenvalue weighted by Gasteiger charge is -2.32. The van der Waals surface area contributed by atoms with E-state index in [0.29, 0.717) is 9.99 Å². The normalized spacial score (nSPS) is 13.9. The molecular weight excluding hydrogens is 343 g/mol. The molecule has 0 fully saturated rings. The Morgan fingerprint density at radius 2 is 2.00 bits per heavy atom. The Labute approximate surface area is 132 Å². The highest BCUT2D eigenvalue weighted by Crippen LogP contribution is 2.36. The van der Waals surface area contributed by atoms with Crippen LogP contribution in [0, 0.1) is 5.82 Å². The summed E-state index contributed by atoms with van der Waals surface area (Å²) < 4.78 is 16.3. The molecule has 0 amide bonds. The minimum Gasteiger partial charge on any atom is -0.321 e. The molecule has 1 aromatic carbocycles. The molecule has 0 aliphatic carbocycles. The maximum absolute atomic E-state index is 13.7. The van der Waals surface area contributed by atoms with Gasteiger partial charge in [0, 0.05) is 11.6 Å². The summed E-state index contributed by atoms with van der Waals surface area (Å²) in [6.07, 6.45) is 1.92. The van der Waals surface area contributed by atoms with E-state index < -0.39 is 0 Å². The maximum Gasteiger partial charge on any atom is 0.139 e. The van der Waals surface area contributed by atoms with Gasteiger partial charge in [0.25, 0.3) is 0 Å². The van der Waals surface area contributed by atoms with Crippen LogP contribution in [0.2, 0.25) is 0 Å². The van der Waals surface area contributed by atoms with Crippen LogP contribution in [0.25, 0.3) is 11.0 Å². The molecule has 20 heavy (non-hydrogen) atoms. The predicted molar refractivity (Wildman–Crippen MR) is 85.9 cm³/mol. The molecule has 0 aliphatic rings. The molecule has 2 rings (SSSR count). The van der Waals surface area contributed by atoms with Gasteiger partial charge in [-0.15, -0.1) is 11.6 Å². The van der Waals surface area contributed by atoms with Crippen LogP contribution in [-0.2, 0) is 5.54 Å². The topological polar surface area (TPSA) is 17.8 Å². The number of alkyl halides is 1. The summed E-state index contributed by atoms with van der Waals surface area (Å²) in [7, 11) is 0. The van der Waals surface area contributed by atoms with Crippen molar-refractivity contribution in [2.24, 2.45) is 0 Å². The van der Waals surface area contributed by atoms with E-state index in [4.69, 9.17) is 11.6 Å². The summed E-state index contributed by atoms with van der Waals surface area (Å²) in [6.45, 7) is 8.39. The van der Waals surface area contributed by atoms with Gasteiger partial charge in [0.1, 0.15) is 11.6 Å². The summed E-state index contributed by atoms with van der Waals surface area (Å²) in [4.78, 5) is 4.55. The van der Waals surface area contributed by atoms with Gasteiger partial charge in [0.15, 0.2) is 0 Å². The Hall–Kier alpha value is -0.610. The summed E-state index contributed by atoms with van der Waals surface area (Å²) >= 11 is 9.55. The van der Waals surface area contributed by atoms with Gasteiger partial charge in [-0.3, -0.25) is 0 Å². The van der Waals surface area contributed by atoms with E-state index in [1.54, 1.807) is 6.07 Å². The molecule has 0 bridgehead atoms. The highest BCUT2D eigenvalue weighted by molar-refractivity contribution is 9.10. The fourth-order valence-electron chi connectivity index (χ4n) is 2.49. The van der Waals surface area contributed by atoms with Crippen LogP contribution in [0.3, 0.4) is 0 Å². The summed E-state index contributed by atoms with van der Waals surface area (Å²) in [5.74, 6) is 0.496. The van der Waals surface area contributed by atoms with E-state index in [2.05, 4.69) is 46.3 Å². The summed E-state index contributed by atoms with van der Waals surface area (Å²) in [5.41, 5.74) is 1.50. The Morgan fingerprint density at radius 3 is 2.50 bits per heavy atom. The quantitative estimate of drug-likeness (QED) is 0.632. The number of halogens is 3. The largest absolute Gasteiger partial charge is 0.321 e.